The zero-order valence-electron chi connectivity index (χ0n) is 14.2. The van der Waals surface area contributed by atoms with Gasteiger partial charge in [0.1, 0.15) is 22.3 Å². The second kappa shape index (κ2) is 7.63. The van der Waals surface area contributed by atoms with Crippen LogP contribution in [0.1, 0.15) is 5.69 Å². The molecule has 1 aromatic heterocycles. The highest BCUT2D eigenvalue weighted by molar-refractivity contribution is 7.99. The Balaban J connectivity index is 2.16. The van der Waals surface area contributed by atoms with Gasteiger partial charge in [-0.3, -0.25) is 14.4 Å². The van der Waals surface area contributed by atoms with Gasteiger partial charge in [0.05, 0.1) is 0 Å². The van der Waals surface area contributed by atoms with Crippen LogP contribution in [0.3, 0.4) is 0 Å². The quantitative estimate of drug-likeness (QED) is 0.428. The first-order valence-corrected chi connectivity index (χ1v) is 8.60. The van der Waals surface area contributed by atoms with Crippen molar-refractivity contribution in [1.82, 2.24) is 9.78 Å². The third kappa shape index (κ3) is 4.01. The lowest BCUT2D eigenvalue weighted by atomic mass is 10.2. The molecule has 0 unspecified atom stereocenters. The van der Waals surface area contributed by atoms with E-state index in [1.165, 1.54) is 43.4 Å². The molecule has 0 saturated carbocycles. The molecule has 3 aromatic rings. The molecule has 1 heterocycles. The second-order valence-electron chi connectivity index (χ2n) is 5.63. The van der Waals surface area contributed by atoms with Gasteiger partial charge in [-0.1, -0.05) is 11.8 Å². The van der Waals surface area contributed by atoms with Crippen molar-refractivity contribution in [3.8, 4) is 0 Å². The van der Waals surface area contributed by atoms with E-state index in [9.17, 15) is 26.7 Å². The zero-order chi connectivity index (χ0) is 20.5. The number of halogens is 5. The van der Waals surface area contributed by atoms with E-state index in [1.54, 1.807) is 0 Å². The predicted octanol–water partition coefficient (Wildman–Crippen LogP) is 5.16. The zero-order valence-corrected chi connectivity index (χ0v) is 15.1. The number of amides is 1. The molecule has 0 N–H and O–H groups in total. The number of hydrogen-bond acceptors (Lipinski definition) is 3. The van der Waals surface area contributed by atoms with Crippen molar-refractivity contribution in [3.63, 3.8) is 0 Å². The molecular formula is C18H12F5N3OS. The number of rotatable bonds is 5. The van der Waals surface area contributed by atoms with Crippen LogP contribution in [0.25, 0.3) is 0 Å². The van der Waals surface area contributed by atoms with Crippen LogP contribution in [0.2, 0.25) is 0 Å². The van der Waals surface area contributed by atoms with Crippen molar-refractivity contribution in [2.45, 2.75) is 16.1 Å². The Bertz CT molecular complexity index is 984. The molecule has 0 atom stereocenters. The molecule has 0 spiro atoms. The summed E-state index contributed by atoms with van der Waals surface area (Å²) in [5.41, 5.74) is -1.72. The van der Waals surface area contributed by atoms with Crippen molar-refractivity contribution < 1.29 is 26.7 Å². The number of carbonyl (C=O) groups excluding carboxylic acids is 1. The number of anilines is 2. The molecule has 28 heavy (non-hydrogen) atoms. The highest BCUT2D eigenvalue weighted by atomic mass is 32.2. The molecule has 3 rings (SSSR count). The summed E-state index contributed by atoms with van der Waals surface area (Å²) < 4.78 is 68.0. The molecule has 0 bridgehead atoms. The van der Waals surface area contributed by atoms with Crippen LogP contribution in [0.15, 0.2) is 58.5 Å². The maximum atomic E-state index is 13.6. The molecule has 0 aliphatic carbocycles. The van der Waals surface area contributed by atoms with Crippen molar-refractivity contribution in [2.24, 2.45) is 7.05 Å². The number of aromatic nitrogens is 2. The molecule has 0 aliphatic rings. The summed E-state index contributed by atoms with van der Waals surface area (Å²) in [5.74, 6) is -1.09. The van der Waals surface area contributed by atoms with Crippen molar-refractivity contribution >= 4 is 29.5 Å². The molecular weight excluding hydrogens is 401 g/mol. The van der Waals surface area contributed by atoms with E-state index in [0.29, 0.717) is 4.90 Å². The molecule has 146 valence electrons. The van der Waals surface area contributed by atoms with Crippen LogP contribution >= 0.6 is 11.8 Å². The normalized spacial score (nSPS) is 11.5. The summed E-state index contributed by atoms with van der Waals surface area (Å²) in [6, 6.07) is 9.55. The van der Waals surface area contributed by atoms with E-state index in [0.717, 1.165) is 33.5 Å². The van der Waals surface area contributed by atoms with Crippen LogP contribution in [0.5, 0.6) is 0 Å². The number of carbonyl (C=O) groups is 1. The third-order valence-corrected chi connectivity index (χ3v) is 4.88. The van der Waals surface area contributed by atoms with E-state index < -0.39 is 29.2 Å². The first-order chi connectivity index (χ1) is 13.2. The van der Waals surface area contributed by atoms with Gasteiger partial charge in [-0.05, 0) is 48.5 Å². The summed E-state index contributed by atoms with van der Waals surface area (Å²) in [5, 5.41) is 3.54. The molecule has 0 fully saturated rings. The Morgan fingerprint density at radius 3 is 2.04 bits per heavy atom. The molecule has 1 amide bonds. The Morgan fingerprint density at radius 2 is 1.54 bits per heavy atom. The van der Waals surface area contributed by atoms with Gasteiger partial charge >= 0.3 is 6.18 Å². The average molecular weight is 413 g/mol. The minimum Gasteiger partial charge on any atom is -0.279 e. The minimum atomic E-state index is -4.84. The SMILES string of the molecule is Cn1nc(C(F)(F)F)c(N(C=O)c2ccc(F)cc2)c1Sc1ccc(F)cc1. The Labute approximate surface area is 160 Å². The summed E-state index contributed by atoms with van der Waals surface area (Å²) in [7, 11) is 1.30. The number of hydrogen-bond donors (Lipinski definition) is 0. The van der Waals surface area contributed by atoms with Gasteiger partial charge in [0.25, 0.3) is 0 Å². The number of benzene rings is 2. The van der Waals surface area contributed by atoms with E-state index >= 15 is 0 Å². The number of nitrogens with zero attached hydrogens (tertiary/aromatic N) is 3. The summed E-state index contributed by atoms with van der Waals surface area (Å²) >= 11 is 0.887. The molecule has 0 aliphatic heterocycles. The maximum absolute atomic E-state index is 13.6. The van der Waals surface area contributed by atoms with Crippen LogP contribution in [0, 0.1) is 11.6 Å². The smallest absolute Gasteiger partial charge is 0.279 e. The largest absolute Gasteiger partial charge is 0.437 e. The molecule has 2 aromatic carbocycles. The lowest BCUT2D eigenvalue weighted by molar-refractivity contribution is -0.140. The molecule has 0 radical (unpaired) electrons. The lowest BCUT2D eigenvalue weighted by Crippen LogP contribution is -2.19. The highest BCUT2D eigenvalue weighted by Gasteiger charge is 2.41. The highest BCUT2D eigenvalue weighted by Crippen LogP contribution is 2.45. The standard InChI is InChI=1S/C18H12F5N3OS/c1-25-17(28-14-8-4-12(20)5-9-14)15(16(24-25)18(21,22)23)26(10-27)13-6-2-11(19)3-7-13/h2-10H,1H3. The average Bonchev–Trinajstić information content (AvgIpc) is 2.96. The van der Waals surface area contributed by atoms with Gasteiger partial charge in [-0.2, -0.15) is 18.3 Å². The fraction of sp³-hybridized carbons (Fsp3) is 0.111. The van der Waals surface area contributed by atoms with E-state index in [1.807, 2.05) is 0 Å². The molecule has 0 saturated heterocycles. The van der Waals surface area contributed by atoms with Gasteiger partial charge in [0.2, 0.25) is 6.41 Å². The van der Waals surface area contributed by atoms with Crippen LogP contribution < -0.4 is 4.90 Å². The predicted molar refractivity (Wildman–Crippen MR) is 93.3 cm³/mol. The lowest BCUT2D eigenvalue weighted by Gasteiger charge is -2.20. The fourth-order valence-corrected chi connectivity index (χ4v) is 3.44. The first kappa shape index (κ1) is 19.9. The van der Waals surface area contributed by atoms with E-state index in [4.69, 9.17) is 0 Å². The monoisotopic (exact) mass is 413 g/mol. The number of alkyl halides is 3. The van der Waals surface area contributed by atoms with Crippen LogP contribution in [-0.2, 0) is 18.0 Å². The summed E-state index contributed by atoms with van der Waals surface area (Å²) in [6.45, 7) is 0. The van der Waals surface area contributed by atoms with Crippen molar-refractivity contribution in [3.05, 3.63) is 65.9 Å². The van der Waals surface area contributed by atoms with Gasteiger partial charge in [0.15, 0.2) is 5.69 Å². The second-order valence-corrected chi connectivity index (χ2v) is 6.69. The minimum absolute atomic E-state index is 0.00959. The van der Waals surface area contributed by atoms with E-state index in [-0.39, 0.29) is 17.1 Å². The topological polar surface area (TPSA) is 38.1 Å². The Hall–Kier alpha value is -2.88. The van der Waals surface area contributed by atoms with E-state index in [2.05, 4.69) is 5.10 Å². The molecule has 4 nitrogen and oxygen atoms in total. The van der Waals surface area contributed by atoms with Crippen LogP contribution in [-0.4, -0.2) is 16.2 Å². The maximum Gasteiger partial charge on any atom is 0.437 e. The third-order valence-electron chi connectivity index (χ3n) is 3.72. The van der Waals surface area contributed by atoms with Crippen LogP contribution in [0.4, 0.5) is 33.3 Å². The van der Waals surface area contributed by atoms with Gasteiger partial charge in [-0.25, -0.2) is 8.78 Å². The van der Waals surface area contributed by atoms with Gasteiger partial charge < -0.3 is 0 Å². The van der Waals surface area contributed by atoms with Gasteiger partial charge in [-0.15, -0.1) is 0 Å². The fourth-order valence-electron chi connectivity index (χ4n) is 2.48. The van der Waals surface area contributed by atoms with Crippen molar-refractivity contribution in [1.29, 1.82) is 0 Å². The Kier molecular flexibility index (Phi) is 5.41. The number of aryl methyl sites for hydroxylation is 1. The first-order valence-electron chi connectivity index (χ1n) is 7.78. The summed E-state index contributed by atoms with van der Waals surface area (Å²) in [6.07, 6.45) is -4.63. The van der Waals surface area contributed by atoms with Gasteiger partial charge in [0, 0.05) is 17.6 Å². The van der Waals surface area contributed by atoms with Crippen molar-refractivity contribution in [2.75, 3.05) is 4.90 Å². The summed E-state index contributed by atoms with van der Waals surface area (Å²) in [4.78, 5) is 12.9. The molecule has 10 heteroatoms. The Morgan fingerprint density at radius 1 is 1.00 bits per heavy atom.